The molecule has 1 atom stereocenters. The summed E-state index contributed by atoms with van der Waals surface area (Å²) in [6.07, 6.45) is -0.105. The lowest BCUT2D eigenvalue weighted by molar-refractivity contribution is -0.192. The van der Waals surface area contributed by atoms with E-state index in [0.29, 0.717) is 19.0 Å². The summed E-state index contributed by atoms with van der Waals surface area (Å²) in [4.78, 5) is 23.6. The third-order valence-corrected chi connectivity index (χ3v) is 7.29. The molecule has 0 bridgehead atoms. The van der Waals surface area contributed by atoms with Gasteiger partial charge in [0.25, 0.3) is 0 Å². The second-order valence-corrected chi connectivity index (χ2v) is 10.1. The third-order valence-electron chi connectivity index (χ3n) is 5.99. The van der Waals surface area contributed by atoms with E-state index in [0.717, 1.165) is 45.3 Å². The van der Waals surface area contributed by atoms with Crippen LogP contribution >= 0.6 is 0 Å². The molecule has 29 heavy (non-hydrogen) atoms. The van der Waals surface area contributed by atoms with Crippen LogP contribution in [-0.2, 0) is 19.6 Å². The van der Waals surface area contributed by atoms with Crippen LogP contribution < -0.4 is 5.32 Å². The van der Waals surface area contributed by atoms with Crippen LogP contribution in [0.4, 0.5) is 13.2 Å². The molecule has 2 aliphatic heterocycles. The number of rotatable bonds is 2. The van der Waals surface area contributed by atoms with Crippen molar-refractivity contribution < 1.29 is 36.3 Å². The number of hydrogen-bond donors (Lipinski definition) is 2. The molecule has 1 saturated carbocycles. The zero-order valence-electron chi connectivity index (χ0n) is 16.5. The summed E-state index contributed by atoms with van der Waals surface area (Å²) in [5, 5.41) is 10.4. The Bertz CT molecular complexity index is 712. The largest absolute Gasteiger partial charge is 0.490 e. The number of nitrogens with zero attached hydrogens (tertiary/aromatic N) is 2. The van der Waals surface area contributed by atoms with Gasteiger partial charge in [-0.05, 0) is 38.0 Å². The average Bonchev–Trinajstić information content (AvgIpc) is 2.58. The Morgan fingerprint density at radius 1 is 1.14 bits per heavy atom. The number of carbonyl (C=O) groups excluding carboxylic acids is 1. The van der Waals surface area contributed by atoms with E-state index < -0.39 is 22.2 Å². The van der Waals surface area contributed by atoms with Crippen LogP contribution in [0.25, 0.3) is 0 Å². The number of carboxylic acid groups (broad SMARTS) is 1. The Hall–Kier alpha value is -1.40. The quantitative estimate of drug-likeness (QED) is 0.657. The number of amides is 1. The average molecular weight is 443 g/mol. The van der Waals surface area contributed by atoms with Gasteiger partial charge < -0.3 is 15.3 Å². The molecule has 12 heteroatoms. The van der Waals surface area contributed by atoms with Crippen molar-refractivity contribution in [2.24, 2.45) is 11.3 Å². The van der Waals surface area contributed by atoms with Gasteiger partial charge in [0.1, 0.15) is 0 Å². The highest BCUT2D eigenvalue weighted by atomic mass is 32.2. The van der Waals surface area contributed by atoms with Gasteiger partial charge in [-0.3, -0.25) is 4.79 Å². The van der Waals surface area contributed by atoms with Gasteiger partial charge in [-0.2, -0.15) is 13.2 Å². The fraction of sp³-hybridized carbons (Fsp3) is 0.882. The molecule has 2 N–H and O–H groups in total. The first-order valence-electron chi connectivity index (χ1n) is 9.52. The number of sulfonamides is 1. The fourth-order valence-corrected chi connectivity index (χ4v) is 5.11. The molecule has 1 amide bonds. The van der Waals surface area contributed by atoms with E-state index in [-0.39, 0.29) is 17.4 Å². The highest BCUT2D eigenvalue weighted by Gasteiger charge is 2.50. The molecular weight excluding hydrogens is 415 g/mol. The first-order chi connectivity index (χ1) is 13.3. The van der Waals surface area contributed by atoms with Crippen molar-refractivity contribution in [3.05, 3.63) is 0 Å². The summed E-state index contributed by atoms with van der Waals surface area (Å²) in [6.45, 7) is 5.91. The monoisotopic (exact) mass is 443 g/mol. The molecule has 3 rings (SSSR count). The number of alkyl halides is 3. The SMILES string of the molecule is C[C@H]1CNCCN1C(=O)C1CC2(CCN(S(C)(=O)=O)CC2)C1.O=C(O)C(F)(F)F. The van der Waals surface area contributed by atoms with Gasteiger partial charge in [-0.15, -0.1) is 0 Å². The second kappa shape index (κ2) is 8.76. The van der Waals surface area contributed by atoms with E-state index >= 15 is 0 Å². The molecule has 0 unspecified atom stereocenters. The first kappa shape index (κ1) is 23.9. The number of piperazine rings is 1. The van der Waals surface area contributed by atoms with Gasteiger partial charge in [-0.25, -0.2) is 17.5 Å². The Labute approximate surface area is 168 Å². The molecule has 8 nitrogen and oxygen atoms in total. The smallest absolute Gasteiger partial charge is 0.475 e. The molecule has 0 radical (unpaired) electrons. The molecule has 3 fully saturated rings. The highest BCUT2D eigenvalue weighted by molar-refractivity contribution is 7.88. The third kappa shape index (κ3) is 6.05. The van der Waals surface area contributed by atoms with Gasteiger partial charge in [-0.1, -0.05) is 0 Å². The van der Waals surface area contributed by atoms with Crippen LogP contribution in [0.3, 0.4) is 0 Å². The van der Waals surface area contributed by atoms with Gasteiger partial charge >= 0.3 is 12.1 Å². The van der Waals surface area contributed by atoms with E-state index in [1.807, 2.05) is 4.90 Å². The fourth-order valence-electron chi connectivity index (χ4n) is 4.26. The van der Waals surface area contributed by atoms with E-state index in [1.54, 1.807) is 4.31 Å². The molecule has 3 aliphatic rings. The normalized spacial score (nSPS) is 25.7. The second-order valence-electron chi connectivity index (χ2n) is 8.15. The van der Waals surface area contributed by atoms with Crippen molar-refractivity contribution in [3.8, 4) is 0 Å². The topological polar surface area (TPSA) is 107 Å². The van der Waals surface area contributed by atoms with Gasteiger partial charge in [0, 0.05) is 44.7 Å². The zero-order chi connectivity index (χ0) is 22.0. The summed E-state index contributed by atoms with van der Waals surface area (Å²) >= 11 is 0. The van der Waals surface area contributed by atoms with Crippen LogP contribution in [0.15, 0.2) is 0 Å². The number of carboxylic acids is 1. The van der Waals surface area contributed by atoms with Crippen LogP contribution in [-0.4, -0.2) is 85.8 Å². The van der Waals surface area contributed by atoms with Gasteiger partial charge in [0.2, 0.25) is 15.9 Å². The maximum absolute atomic E-state index is 12.6. The number of aliphatic carboxylic acids is 1. The van der Waals surface area contributed by atoms with Crippen LogP contribution in [0.5, 0.6) is 0 Å². The van der Waals surface area contributed by atoms with E-state index in [2.05, 4.69) is 12.2 Å². The highest BCUT2D eigenvalue weighted by Crippen LogP contribution is 2.53. The Balaban J connectivity index is 0.000000370. The minimum absolute atomic E-state index is 0.158. The standard InChI is InChI=1S/C15H27N3O3S.C2HF3O2/c1-12-11-16-5-8-18(12)14(19)13-9-15(10-13)3-6-17(7-4-15)22(2,20)21;3-2(4,5)1(6)7/h12-13,16H,3-11H2,1-2H3;(H,6,7)/t12-;/m0./s1. The number of halogens is 3. The van der Waals surface area contributed by atoms with E-state index in [4.69, 9.17) is 9.90 Å². The molecule has 0 aromatic carbocycles. The summed E-state index contributed by atoms with van der Waals surface area (Å²) in [5.41, 5.74) is 0.221. The molecule has 1 aliphatic carbocycles. The number of nitrogens with one attached hydrogen (secondary N) is 1. The predicted octanol–water partition coefficient (Wildman–Crippen LogP) is 0.892. The molecule has 168 valence electrons. The van der Waals surface area contributed by atoms with Crippen molar-refractivity contribution in [3.63, 3.8) is 0 Å². The molecule has 2 saturated heterocycles. The zero-order valence-corrected chi connectivity index (χ0v) is 17.4. The van der Waals surface area contributed by atoms with Crippen molar-refractivity contribution >= 4 is 21.9 Å². The van der Waals surface area contributed by atoms with Crippen molar-refractivity contribution in [2.75, 3.05) is 39.0 Å². The van der Waals surface area contributed by atoms with E-state index in [9.17, 15) is 26.4 Å². The van der Waals surface area contributed by atoms with Crippen molar-refractivity contribution in [1.82, 2.24) is 14.5 Å². The van der Waals surface area contributed by atoms with E-state index in [1.165, 1.54) is 6.26 Å². The Morgan fingerprint density at radius 3 is 2.07 bits per heavy atom. The molecular formula is C17H28F3N3O5S. The van der Waals surface area contributed by atoms with Gasteiger partial charge in [0.15, 0.2) is 0 Å². The molecule has 0 aromatic rings. The molecule has 1 spiro atoms. The predicted molar refractivity (Wildman–Crippen MR) is 98.5 cm³/mol. The van der Waals surface area contributed by atoms with Crippen molar-refractivity contribution in [2.45, 2.75) is 44.8 Å². The number of carbonyl (C=O) groups is 2. The summed E-state index contributed by atoms with van der Waals surface area (Å²) in [5.74, 6) is -2.29. The summed E-state index contributed by atoms with van der Waals surface area (Å²) in [7, 11) is -3.06. The number of piperidine rings is 1. The maximum Gasteiger partial charge on any atom is 0.490 e. The molecule has 2 heterocycles. The lowest BCUT2D eigenvalue weighted by Crippen LogP contribution is -2.57. The minimum Gasteiger partial charge on any atom is -0.475 e. The lowest BCUT2D eigenvalue weighted by Gasteiger charge is -2.52. The number of hydrogen-bond acceptors (Lipinski definition) is 5. The first-order valence-corrected chi connectivity index (χ1v) is 11.4. The van der Waals surface area contributed by atoms with Gasteiger partial charge in [0.05, 0.1) is 6.26 Å². The van der Waals surface area contributed by atoms with Crippen LogP contribution in [0.1, 0.15) is 32.6 Å². The van der Waals surface area contributed by atoms with Crippen LogP contribution in [0.2, 0.25) is 0 Å². The minimum atomic E-state index is -5.08. The van der Waals surface area contributed by atoms with Crippen molar-refractivity contribution in [1.29, 1.82) is 0 Å². The molecule has 0 aromatic heterocycles. The maximum atomic E-state index is 12.6. The summed E-state index contributed by atoms with van der Waals surface area (Å²) in [6, 6.07) is 0.282. The Morgan fingerprint density at radius 2 is 1.66 bits per heavy atom. The summed E-state index contributed by atoms with van der Waals surface area (Å²) < 4.78 is 56.5. The lowest BCUT2D eigenvalue weighted by atomic mass is 9.57. The van der Waals surface area contributed by atoms with Crippen LogP contribution in [0, 0.1) is 11.3 Å². The Kier molecular flexibility index (Phi) is 7.21.